The standard InChI is InChI=1S/C19H28N6O/c20-14-19(9-10-19)25-13-16(22-23-25)17(15-7-3-1-4-8-15)21-18(26)24-11-5-2-6-12-24/h13,15,17H,1-12H2,(H,21,26)/t17-/m0/s1. The van der Waals surface area contributed by atoms with Crippen molar-refractivity contribution >= 4 is 6.03 Å². The fourth-order valence-electron chi connectivity index (χ4n) is 4.36. The van der Waals surface area contributed by atoms with Crippen molar-refractivity contribution in [3.05, 3.63) is 11.9 Å². The summed E-state index contributed by atoms with van der Waals surface area (Å²) in [7, 11) is 0. The lowest BCUT2D eigenvalue weighted by atomic mass is 9.83. The molecule has 140 valence electrons. The molecular weight excluding hydrogens is 328 g/mol. The average Bonchev–Trinajstić information content (AvgIpc) is 3.36. The van der Waals surface area contributed by atoms with Gasteiger partial charge in [0.15, 0.2) is 5.54 Å². The maximum atomic E-state index is 12.8. The zero-order chi connectivity index (χ0) is 18.0. The minimum absolute atomic E-state index is 0.0243. The van der Waals surface area contributed by atoms with Gasteiger partial charge in [-0.1, -0.05) is 24.5 Å². The highest BCUT2D eigenvalue weighted by molar-refractivity contribution is 5.74. The lowest BCUT2D eigenvalue weighted by Gasteiger charge is -2.33. The predicted octanol–water partition coefficient (Wildman–Crippen LogP) is 3.11. The van der Waals surface area contributed by atoms with E-state index in [1.165, 1.54) is 25.7 Å². The highest BCUT2D eigenvalue weighted by Gasteiger charge is 2.47. The molecule has 1 aromatic heterocycles. The summed E-state index contributed by atoms with van der Waals surface area (Å²) < 4.78 is 1.71. The second-order valence-electron chi connectivity index (χ2n) is 8.10. The Bertz CT molecular complexity index is 676. The molecular formula is C19H28N6O. The molecule has 0 aromatic carbocycles. The third-order valence-electron chi connectivity index (χ3n) is 6.24. The van der Waals surface area contributed by atoms with Gasteiger partial charge in [0, 0.05) is 13.1 Å². The summed E-state index contributed by atoms with van der Waals surface area (Å²) in [6, 6.07) is 2.28. The summed E-state index contributed by atoms with van der Waals surface area (Å²) in [5, 5.41) is 21.3. The Morgan fingerprint density at radius 2 is 1.88 bits per heavy atom. The smallest absolute Gasteiger partial charge is 0.317 e. The van der Waals surface area contributed by atoms with Crippen LogP contribution in [0.1, 0.15) is 75.9 Å². The molecule has 3 aliphatic rings. The Kier molecular flexibility index (Phi) is 4.84. The lowest BCUT2D eigenvalue weighted by Crippen LogP contribution is -2.46. The predicted molar refractivity (Wildman–Crippen MR) is 96.1 cm³/mol. The normalized spacial score (nSPS) is 23.9. The molecule has 1 aliphatic heterocycles. The van der Waals surface area contributed by atoms with E-state index in [1.54, 1.807) is 4.68 Å². The van der Waals surface area contributed by atoms with Crippen LogP contribution in [0, 0.1) is 17.2 Å². The third kappa shape index (κ3) is 3.42. The van der Waals surface area contributed by atoms with Gasteiger partial charge in [-0.2, -0.15) is 5.26 Å². The van der Waals surface area contributed by atoms with Crippen LogP contribution in [0.15, 0.2) is 6.20 Å². The van der Waals surface area contributed by atoms with Crippen LogP contribution in [0.5, 0.6) is 0 Å². The molecule has 2 aliphatic carbocycles. The first-order chi connectivity index (χ1) is 12.7. The van der Waals surface area contributed by atoms with Gasteiger partial charge in [0.1, 0.15) is 5.69 Å². The first-order valence-corrected chi connectivity index (χ1v) is 10.1. The molecule has 4 rings (SSSR count). The largest absolute Gasteiger partial charge is 0.329 e. The first-order valence-electron chi connectivity index (χ1n) is 10.1. The van der Waals surface area contributed by atoms with Gasteiger partial charge in [0.05, 0.1) is 18.3 Å². The van der Waals surface area contributed by atoms with E-state index in [-0.39, 0.29) is 12.1 Å². The Balaban J connectivity index is 1.53. The van der Waals surface area contributed by atoms with Gasteiger partial charge in [-0.3, -0.25) is 0 Å². The fraction of sp³-hybridized carbons (Fsp3) is 0.789. The van der Waals surface area contributed by atoms with Gasteiger partial charge in [-0.15, -0.1) is 5.10 Å². The molecule has 26 heavy (non-hydrogen) atoms. The molecule has 2 saturated carbocycles. The number of nitrogens with zero attached hydrogens (tertiary/aromatic N) is 5. The Morgan fingerprint density at radius 3 is 2.54 bits per heavy atom. The zero-order valence-electron chi connectivity index (χ0n) is 15.4. The van der Waals surface area contributed by atoms with Crippen molar-refractivity contribution in [1.82, 2.24) is 25.2 Å². The molecule has 7 heteroatoms. The van der Waals surface area contributed by atoms with Crippen LogP contribution in [0.2, 0.25) is 0 Å². The van der Waals surface area contributed by atoms with Crippen molar-refractivity contribution in [3.63, 3.8) is 0 Å². The number of aromatic nitrogens is 3. The summed E-state index contributed by atoms with van der Waals surface area (Å²) in [5.41, 5.74) is 0.308. The van der Waals surface area contributed by atoms with E-state index in [0.29, 0.717) is 5.92 Å². The summed E-state index contributed by atoms with van der Waals surface area (Å²) >= 11 is 0. The van der Waals surface area contributed by atoms with Crippen molar-refractivity contribution in [2.45, 2.75) is 75.8 Å². The van der Waals surface area contributed by atoms with Crippen LogP contribution in [0.4, 0.5) is 4.79 Å². The number of amides is 2. The van der Waals surface area contributed by atoms with Gasteiger partial charge >= 0.3 is 6.03 Å². The second kappa shape index (κ2) is 7.26. The number of nitriles is 1. The molecule has 3 fully saturated rings. The number of hydrogen-bond acceptors (Lipinski definition) is 4. The van der Waals surface area contributed by atoms with Crippen LogP contribution in [0.25, 0.3) is 0 Å². The van der Waals surface area contributed by atoms with Crippen LogP contribution < -0.4 is 5.32 Å². The van der Waals surface area contributed by atoms with Gasteiger partial charge in [0.2, 0.25) is 0 Å². The monoisotopic (exact) mass is 356 g/mol. The zero-order valence-corrected chi connectivity index (χ0v) is 15.4. The quantitative estimate of drug-likeness (QED) is 0.898. The molecule has 1 aromatic rings. The second-order valence-corrected chi connectivity index (χ2v) is 8.10. The van der Waals surface area contributed by atoms with Crippen LogP contribution in [-0.4, -0.2) is 39.0 Å². The van der Waals surface area contributed by atoms with Crippen molar-refractivity contribution in [3.8, 4) is 6.07 Å². The molecule has 1 atom stereocenters. The van der Waals surface area contributed by atoms with Crippen LogP contribution >= 0.6 is 0 Å². The van der Waals surface area contributed by atoms with Crippen molar-refractivity contribution in [2.75, 3.05) is 13.1 Å². The number of nitrogens with one attached hydrogen (secondary N) is 1. The minimum Gasteiger partial charge on any atom is -0.329 e. The van der Waals surface area contributed by atoms with Gasteiger partial charge in [0.25, 0.3) is 0 Å². The van der Waals surface area contributed by atoms with E-state index in [9.17, 15) is 10.1 Å². The Morgan fingerprint density at radius 1 is 1.19 bits per heavy atom. The van der Waals surface area contributed by atoms with Gasteiger partial charge in [-0.25, -0.2) is 9.48 Å². The molecule has 2 heterocycles. The maximum absolute atomic E-state index is 12.8. The number of urea groups is 1. The lowest BCUT2D eigenvalue weighted by molar-refractivity contribution is 0.172. The Hall–Kier alpha value is -2.10. The molecule has 0 bridgehead atoms. The van der Waals surface area contributed by atoms with Crippen molar-refractivity contribution in [1.29, 1.82) is 5.26 Å². The van der Waals surface area contributed by atoms with Gasteiger partial charge in [-0.05, 0) is 50.9 Å². The summed E-state index contributed by atoms with van der Waals surface area (Å²) in [5.74, 6) is 0.403. The number of carbonyl (C=O) groups excluding carboxylic acids is 1. The average molecular weight is 356 g/mol. The molecule has 0 unspecified atom stereocenters. The molecule has 0 radical (unpaired) electrons. The fourth-order valence-corrected chi connectivity index (χ4v) is 4.36. The Labute approximate surface area is 154 Å². The number of likely N-dealkylation sites (tertiary alicyclic amines) is 1. The van der Waals surface area contributed by atoms with E-state index in [1.807, 2.05) is 11.1 Å². The molecule has 0 spiro atoms. The maximum Gasteiger partial charge on any atom is 0.317 e. The highest BCUT2D eigenvalue weighted by Crippen LogP contribution is 2.42. The van der Waals surface area contributed by atoms with E-state index >= 15 is 0 Å². The topological polar surface area (TPSA) is 86.8 Å². The molecule has 2 amide bonds. The van der Waals surface area contributed by atoms with E-state index in [2.05, 4.69) is 21.7 Å². The van der Waals surface area contributed by atoms with E-state index in [4.69, 9.17) is 0 Å². The minimum atomic E-state index is -0.501. The number of piperidine rings is 1. The third-order valence-corrected chi connectivity index (χ3v) is 6.24. The van der Waals surface area contributed by atoms with Gasteiger partial charge < -0.3 is 10.2 Å². The summed E-state index contributed by atoms with van der Waals surface area (Å²) in [4.78, 5) is 14.7. The molecule has 7 nitrogen and oxygen atoms in total. The SMILES string of the molecule is N#CC1(n2cc([C@@H](NC(=O)N3CCCCC3)C3CCCCC3)nn2)CC1. The number of carbonyl (C=O) groups is 1. The summed E-state index contributed by atoms with van der Waals surface area (Å²) in [6.45, 7) is 1.68. The van der Waals surface area contributed by atoms with Crippen molar-refractivity contribution in [2.24, 2.45) is 5.92 Å². The van der Waals surface area contributed by atoms with E-state index < -0.39 is 5.54 Å². The van der Waals surface area contributed by atoms with Crippen molar-refractivity contribution < 1.29 is 4.79 Å². The first kappa shape index (κ1) is 17.3. The number of hydrogen-bond donors (Lipinski definition) is 1. The van der Waals surface area contributed by atoms with Crippen LogP contribution in [-0.2, 0) is 5.54 Å². The number of rotatable bonds is 4. The highest BCUT2D eigenvalue weighted by atomic mass is 16.2. The summed E-state index contributed by atoms with van der Waals surface area (Å²) in [6.07, 6.45) is 12.8. The molecule has 1 saturated heterocycles. The van der Waals surface area contributed by atoms with Crippen LogP contribution in [0.3, 0.4) is 0 Å². The molecule has 1 N–H and O–H groups in total. The van der Waals surface area contributed by atoms with E-state index in [0.717, 1.165) is 57.3 Å².